The fourth-order valence-electron chi connectivity index (χ4n) is 2.95. The fourth-order valence-corrected chi connectivity index (χ4v) is 2.95. The van der Waals surface area contributed by atoms with Crippen molar-refractivity contribution >= 4 is 0 Å². The van der Waals surface area contributed by atoms with Crippen LogP contribution in [0, 0.1) is 29.1 Å². The van der Waals surface area contributed by atoms with Crippen LogP contribution in [0.4, 0.5) is 96.6 Å². The van der Waals surface area contributed by atoms with Crippen LogP contribution in [-0.2, 0) is 5.41 Å². The molecule has 37 heavy (non-hydrogen) atoms. The maximum absolute atomic E-state index is 14.5. The summed E-state index contributed by atoms with van der Waals surface area (Å²) in [4.78, 5) is 0. The van der Waals surface area contributed by atoms with Crippen molar-refractivity contribution in [1.82, 2.24) is 0 Å². The van der Waals surface area contributed by atoms with Crippen LogP contribution in [0.2, 0.25) is 0 Å². The van der Waals surface area contributed by atoms with Gasteiger partial charge in [-0.1, -0.05) is 0 Å². The molecule has 0 unspecified atom stereocenters. The minimum atomic E-state index is -8.79. The van der Waals surface area contributed by atoms with Gasteiger partial charge in [-0.2, -0.15) is 65.9 Å². The van der Waals surface area contributed by atoms with Crippen molar-refractivity contribution in [2.45, 2.75) is 42.0 Å². The molecule has 0 aromatic heterocycles. The third-order valence-corrected chi connectivity index (χ3v) is 4.40. The maximum Gasteiger partial charge on any atom is 0.443 e. The lowest BCUT2D eigenvalue weighted by Gasteiger charge is -2.45. The number of alkyl halides is 16. The third kappa shape index (κ3) is 4.52. The van der Waals surface area contributed by atoms with E-state index in [1.54, 1.807) is 0 Å². The van der Waals surface area contributed by atoms with E-state index in [-0.39, 0.29) is 0 Å². The number of rotatable bonds is 3. The first-order chi connectivity index (χ1) is 16.0. The molecule has 0 heterocycles. The molecule has 0 aliphatic carbocycles. The largest absolute Gasteiger partial charge is 0.443 e. The Morgan fingerprint density at radius 1 is 0.405 bits per heavy atom. The Kier molecular flexibility index (Phi) is 7.66. The number of halogens is 22. The molecule has 0 N–H and O–H groups in total. The van der Waals surface area contributed by atoms with Crippen LogP contribution in [0.15, 0.2) is 11.4 Å². The summed E-state index contributed by atoms with van der Waals surface area (Å²) < 4.78 is 295. The van der Waals surface area contributed by atoms with Gasteiger partial charge in [0, 0.05) is 0 Å². The van der Waals surface area contributed by atoms with Crippen molar-refractivity contribution in [3.8, 4) is 0 Å². The van der Waals surface area contributed by atoms with Gasteiger partial charge in [-0.25, -0.2) is 30.7 Å². The molecule has 0 bridgehead atoms. The average Bonchev–Trinajstić information content (AvgIpc) is 2.65. The highest BCUT2D eigenvalue weighted by Crippen LogP contribution is 2.67. The van der Waals surface area contributed by atoms with Gasteiger partial charge in [0.1, 0.15) is 0 Å². The zero-order valence-electron chi connectivity index (χ0n) is 15.8. The Morgan fingerprint density at radius 2 is 0.676 bits per heavy atom. The third-order valence-electron chi connectivity index (χ3n) is 4.40. The molecule has 0 nitrogen and oxygen atoms in total. The second-order valence-corrected chi connectivity index (χ2v) is 6.53. The SMILES string of the molecule is FC(=C(C(F)(C(F)(F)F)C(F)(F)F)C(c1c(F)c(F)c(F)c(F)c1F)(C(F)(F)F)C(F)(F)F)C(F)(F)F. The first kappa shape index (κ1) is 32.4. The van der Waals surface area contributed by atoms with Gasteiger partial charge in [0.05, 0.1) is 11.1 Å². The summed E-state index contributed by atoms with van der Waals surface area (Å²) in [5.74, 6) is -26.9. The van der Waals surface area contributed by atoms with Gasteiger partial charge in [0.15, 0.2) is 23.3 Å². The number of hydrogen-bond acceptors (Lipinski definition) is 0. The average molecular weight is 598 g/mol. The standard InChI is InChI=1S/C15F22/c16-2-1(3(17)5(19)6(20)4(2)18)9(12(26,27)28,13(29,30)31)7(8(21)11(23,24)25)10(22,14(32,33)34)15(35,36)37. The summed E-state index contributed by atoms with van der Waals surface area (Å²) in [5.41, 5.74) is -28.5. The van der Waals surface area contributed by atoms with Gasteiger partial charge in [-0.3, -0.25) is 0 Å². The summed E-state index contributed by atoms with van der Waals surface area (Å²) in [6.45, 7) is 0. The van der Waals surface area contributed by atoms with E-state index >= 15 is 0 Å². The van der Waals surface area contributed by atoms with Crippen LogP contribution in [0.5, 0.6) is 0 Å². The van der Waals surface area contributed by atoms with Crippen molar-refractivity contribution in [2.75, 3.05) is 0 Å². The normalized spacial score (nSPS) is 15.7. The summed E-state index contributed by atoms with van der Waals surface area (Å²) in [6, 6.07) is 0. The monoisotopic (exact) mass is 598 g/mol. The van der Waals surface area contributed by atoms with Crippen molar-refractivity contribution in [1.29, 1.82) is 0 Å². The summed E-state index contributed by atoms with van der Waals surface area (Å²) in [5, 5.41) is 0. The summed E-state index contributed by atoms with van der Waals surface area (Å²) in [7, 11) is 0. The Labute approximate surface area is 186 Å². The van der Waals surface area contributed by atoms with Gasteiger partial charge < -0.3 is 0 Å². The minimum Gasteiger partial charge on any atom is -0.218 e. The van der Waals surface area contributed by atoms with Crippen molar-refractivity contribution in [2.24, 2.45) is 0 Å². The van der Waals surface area contributed by atoms with Crippen LogP contribution < -0.4 is 0 Å². The van der Waals surface area contributed by atoms with E-state index in [2.05, 4.69) is 0 Å². The van der Waals surface area contributed by atoms with E-state index in [0.717, 1.165) is 0 Å². The molecule has 0 saturated heterocycles. The molecule has 0 atom stereocenters. The highest BCUT2D eigenvalue weighted by molar-refractivity contribution is 5.51. The lowest BCUT2D eigenvalue weighted by atomic mass is 9.65. The van der Waals surface area contributed by atoms with E-state index in [1.807, 2.05) is 0 Å². The predicted octanol–water partition coefficient (Wildman–Crippen LogP) is 8.36. The van der Waals surface area contributed by atoms with E-state index in [4.69, 9.17) is 0 Å². The molecular formula is C15F22. The van der Waals surface area contributed by atoms with Crippen LogP contribution in [0.25, 0.3) is 0 Å². The molecule has 0 fully saturated rings. The van der Waals surface area contributed by atoms with Gasteiger partial charge in [-0.05, 0) is 0 Å². The molecule has 0 amide bonds. The minimum absolute atomic E-state index is 3.73. The molecule has 22 heteroatoms. The zero-order chi connectivity index (χ0) is 30.1. The van der Waals surface area contributed by atoms with Crippen molar-refractivity contribution < 1.29 is 96.6 Å². The van der Waals surface area contributed by atoms with Gasteiger partial charge >= 0.3 is 36.6 Å². The topological polar surface area (TPSA) is 0 Å². The maximum atomic E-state index is 14.5. The fraction of sp³-hybridized carbons (Fsp3) is 0.467. The van der Waals surface area contributed by atoms with E-state index in [9.17, 15) is 96.6 Å². The Hall–Kier alpha value is -2.58. The Morgan fingerprint density at radius 3 is 0.892 bits per heavy atom. The molecule has 0 spiro atoms. The van der Waals surface area contributed by atoms with Gasteiger partial charge in [-0.15, -0.1) is 0 Å². The van der Waals surface area contributed by atoms with E-state index in [0.29, 0.717) is 0 Å². The highest BCUT2D eigenvalue weighted by atomic mass is 19.4. The van der Waals surface area contributed by atoms with Crippen molar-refractivity contribution in [3.63, 3.8) is 0 Å². The summed E-state index contributed by atoms with van der Waals surface area (Å²) >= 11 is 0. The van der Waals surface area contributed by atoms with Crippen LogP contribution in [0.1, 0.15) is 5.56 Å². The van der Waals surface area contributed by atoms with E-state index < -0.39 is 88.0 Å². The quantitative estimate of drug-likeness (QED) is 0.187. The molecule has 214 valence electrons. The van der Waals surface area contributed by atoms with Crippen LogP contribution >= 0.6 is 0 Å². The molecule has 0 aliphatic heterocycles. The molecule has 0 aliphatic rings. The number of hydrogen-bond donors (Lipinski definition) is 0. The molecule has 0 saturated carbocycles. The molecule has 0 radical (unpaired) electrons. The molecule has 1 rings (SSSR count). The Bertz CT molecular complexity index is 1010. The second kappa shape index (κ2) is 8.73. The van der Waals surface area contributed by atoms with Gasteiger partial charge in [0.25, 0.3) is 0 Å². The van der Waals surface area contributed by atoms with Crippen LogP contribution in [-0.4, -0.2) is 36.6 Å². The smallest absolute Gasteiger partial charge is 0.218 e. The van der Waals surface area contributed by atoms with Gasteiger partial charge in [0.2, 0.25) is 17.1 Å². The Balaban J connectivity index is 5.05. The number of allylic oxidation sites excluding steroid dienone is 2. The predicted molar refractivity (Wildman–Crippen MR) is 70.2 cm³/mol. The molecule has 1 aromatic carbocycles. The first-order valence-corrected chi connectivity index (χ1v) is 7.91. The van der Waals surface area contributed by atoms with E-state index in [1.165, 1.54) is 0 Å². The lowest BCUT2D eigenvalue weighted by Crippen LogP contribution is -2.67. The second-order valence-electron chi connectivity index (χ2n) is 6.53. The molecular weight excluding hydrogens is 598 g/mol. The zero-order valence-corrected chi connectivity index (χ0v) is 15.8. The highest BCUT2D eigenvalue weighted by Gasteiger charge is 2.87. The first-order valence-electron chi connectivity index (χ1n) is 7.91. The van der Waals surface area contributed by atoms with Crippen LogP contribution in [0.3, 0.4) is 0 Å². The lowest BCUT2D eigenvalue weighted by molar-refractivity contribution is -0.350. The summed E-state index contributed by atoms with van der Waals surface area (Å²) in [6.07, 6.45) is -42.0. The number of benzene rings is 1. The molecule has 1 aromatic rings. The van der Waals surface area contributed by atoms with Crippen molar-refractivity contribution in [3.05, 3.63) is 46.0 Å².